The summed E-state index contributed by atoms with van der Waals surface area (Å²) < 4.78 is 39.4. The Bertz CT molecular complexity index is 600. The molecule has 1 aliphatic heterocycles. The average Bonchev–Trinajstić information content (AvgIpc) is 2.79. The highest BCUT2D eigenvalue weighted by Crippen LogP contribution is 2.20. The zero-order valence-electron chi connectivity index (χ0n) is 13.7. The van der Waals surface area contributed by atoms with Crippen LogP contribution in [0.4, 0.5) is 13.2 Å². The minimum atomic E-state index is -4.87. The summed E-state index contributed by atoms with van der Waals surface area (Å²) in [6, 6.07) is -0.0869. The highest BCUT2D eigenvalue weighted by atomic mass is 19.4. The average molecular weight is 346 g/mol. The van der Waals surface area contributed by atoms with Gasteiger partial charge in [-0.3, -0.25) is 9.59 Å². The van der Waals surface area contributed by atoms with Crippen LogP contribution in [-0.2, 0) is 9.59 Å². The summed E-state index contributed by atoms with van der Waals surface area (Å²) in [4.78, 5) is 30.1. The van der Waals surface area contributed by atoms with E-state index in [4.69, 9.17) is 0 Å². The number of hydrogen-bond donors (Lipinski definition) is 0. The molecule has 2 amide bonds. The number of halogens is 3. The van der Waals surface area contributed by atoms with Crippen molar-refractivity contribution < 1.29 is 22.8 Å². The first kappa shape index (κ1) is 18.3. The fourth-order valence-electron chi connectivity index (χ4n) is 2.88. The van der Waals surface area contributed by atoms with Gasteiger partial charge in [-0.15, -0.1) is 0 Å². The molecule has 2 heterocycles. The second kappa shape index (κ2) is 7.23. The first-order valence-corrected chi connectivity index (χ1v) is 7.83. The molecule has 0 bridgehead atoms. The molecule has 1 saturated heterocycles. The fourth-order valence-corrected chi connectivity index (χ4v) is 2.88. The minimum absolute atomic E-state index is 0.0122. The van der Waals surface area contributed by atoms with Crippen molar-refractivity contribution in [1.29, 1.82) is 0 Å². The Labute approximate surface area is 138 Å². The van der Waals surface area contributed by atoms with Gasteiger partial charge in [0.25, 0.3) is 0 Å². The quantitative estimate of drug-likeness (QED) is 0.838. The summed E-state index contributed by atoms with van der Waals surface area (Å²) in [5.41, 5.74) is 0. The Morgan fingerprint density at radius 2 is 1.83 bits per heavy atom. The lowest BCUT2D eigenvalue weighted by Gasteiger charge is -2.24. The smallest absolute Gasteiger partial charge is 0.341 e. The number of amides is 2. The molecule has 1 aliphatic rings. The zero-order valence-corrected chi connectivity index (χ0v) is 13.7. The summed E-state index contributed by atoms with van der Waals surface area (Å²) in [5.74, 6) is -1.16. The Hall–Kier alpha value is -2.06. The molecule has 24 heavy (non-hydrogen) atoms. The number of nitrogens with zero attached hydrogens (tertiary/aromatic N) is 4. The summed E-state index contributed by atoms with van der Waals surface area (Å²) in [7, 11) is 0. The van der Waals surface area contributed by atoms with Crippen molar-refractivity contribution in [1.82, 2.24) is 19.4 Å². The van der Waals surface area contributed by atoms with Gasteiger partial charge in [0.15, 0.2) is 0 Å². The standard InChI is InChI=1S/C15H21F3N4O2/c1-11(22-7-4-19-12(22)2)10-13(23)20-5-3-6-21(9-8-20)14(24)15(16,17)18/h4,7,11H,3,5-6,8-10H2,1-2H3/t11-/m1/s1. The molecule has 0 spiro atoms. The molecule has 9 heteroatoms. The number of aromatic nitrogens is 2. The van der Waals surface area contributed by atoms with Crippen molar-refractivity contribution in [3.05, 3.63) is 18.2 Å². The Morgan fingerprint density at radius 3 is 2.42 bits per heavy atom. The summed E-state index contributed by atoms with van der Waals surface area (Å²) in [6.07, 6.45) is -0.842. The largest absolute Gasteiger partial charge is 0.471 e. The number of alkyl halides is 3. The Kier molecular flexibility index (Phi) is 5.51. The molecular formula is C15H21F3N4O2. The van der Waals surface area contributed by atoms with E-state index in [9.17, 15) is 22.8 Å². The van der Waals surface area contributed by atoms with Gasteiger partial charge in [0.1, 0.15) is 5.82 Å². The molecule has 0 saturated carbocycles. The van der Waals surface area contributed by atoms with Gasteiger partial charge in [0.2, 0.25) is 5.91 Å². The number of carbonyl (C=O) groups excluding carboxylic acids is 2. The lowest BCUT2D eigenvalue weighted by Crippen LogP contribution is -2.43. The van der Waals surface area contributed by atoms with Gasteiger partial charge in [-0.2, -0.15) is 13.2 Å². The van der Waals surface area contributed by atoms with E-state index < -0.39 is 12.1 Å². The number of carbonyl (C=O) groups is 2. The van der Waals surface area contributed by atoms with Crippen LogP contribution in [0.5, 0.6) is 0 Å². The third kappa shape index (κ3) is 4.27. The summed E-state index contributed by atoms with van der Waals surface area (Å²) >= 11 is 0. The van der Waals surface area contributed by atoms with Gasteiger partial charge in [-0.25, -0.2) is 4.98 Å². The van der Waals surface area contributed by atoms with Gasteiger partial charge >= 0.3 is 12.1 Å². The molecule has 0 aliphatic carbocycles. The van der Waals surface area contributed by atoms with Crippen molar-refractivity contribution in [2.24, 2.45) is 0 Å². The topological polar surface area (TPSA) is 58.4 Å². The van der Waals surface area contributed by atoms with Crippen LogP contribution >= 0.6 is 0 Å². The van der Waals surface area contributed by atoms with Crippen molar-refractivity contribution in [2.45, 2.75) is 38.9 Å². The molecule has 0 radical (unpaired) electrons. The maximum absolute atomic E-state index is 12.5. The van der Waals surface area contributed by atoms with E-state index in [1.165, 1.54) is 4.90 Å². The van der Waals surface area contributed by atoms with Crippen LogP contribution in [0.1, 0.15) is 31.6 Å². The van der Waals surface area contributed by atoms with E-state index in [2.05, 4.69) is 4.98 Å². The van der Waals surface area contributed by atoms with E-state index in [1.54, 1.807) is 12.4 Å². The SMILES string of the molecule is Cc1nccn1[C@H](C)CC(=O)N1CCCN(C(=O)C(F)(F)F)CC1. The van der Waals surface area contributed by atoms with Gasteiger partial charge in [0.05, 0.1) is 0 Å². The predicted octanol–water partition coefficient (Wildman–Crippen LogP) is 1.77. The van der Waals surface area contributed by atoms with Crippen molar-refractivity contribution >= 4 is 11.8 Å². The molecular weight excluding hydrogens is 325 g/mol. The van der Waals surface area contributed by atoms with Crippen LogP contribution in [0.3, 0.4) is 0 Å². The van der Waals surface area contributed by atoms with Crippen LogP contribution in [0.2, 0.25) is 0 Å². The molecule has 1 aromatic rings. The Balaban J connectivity index is 1.92. The maximum atomic E-state index is 12.5. The van der Waals surface area contributed by atoms with Crippen LogP contribution in [0.25, 0.3) is 0 Å². The molecule has 6 nitrogen and oxygen atoms in total. The predicted molar refractivity (Wildman–Crippen MR) is 80.1 cm³/mol. The molecule has 134 valence electrons. The second-order valence-corrected chi connectivity index (χ2v) is 5.96. The number of hydrogen-bond acceptors (Lipinski definition) is 3. The van der Waals surface area contributed by atoms with Crippen molar-refractivity contribution in [3.8, 4) is 0 Å². The third-order valence-electron chi connectivity index (χ3n) is 4.19. The van der Waals surface area contributed by atoms with Crippen LogP contribution in [0, 0.1) is 6.92 Å². The number of rotatable bonds is 3. The van der Waals surface area contributed by atoms with E-state index in [0.717, 1.165) is 10.7 Å². The molecule has 1 aromatic heterocycles. The first-order valence-electron chi connectivity index (χ1n) is 7.83. The van der Waals surface area contributed by atoms with Crippen LogP contribution in [-0.4, -0.2) is 63.5 Å². The number of aryl methyl sites for hydroxylation is 1. The highest BCUT2D eigenvalue weighted by Gasteiger charge is 2.42. The second-order valence-electron chi connectivity index (χ2n) is 5.96. The maximum Gasteiger partial charge on any atom is 0.471 e. The number of imidazole rings is 1. The van der Waals surface area contributed by atoms with Crippen LogP contribution in [0.15, 0.2) is 12.4 Å². The molecule has 0 aromatic carbocycles. The highest BCUT2D eigenvalue weighted by molar-refractivity contribution is 5.82. The van der Waals surface area contributed by atoms with Crippen molar-refractivity contribution in [2.75, 3.05) is 26.2 Å². The summed E-state index contributed by atoms with van der Waals surface area (Å²) in [6.45, 7) is 4.13. The van der Waals surface area contributed by atoms with Gasteiger partial charge in [0, 0.05) is 51.0 Å². The fraction of sp³-hybridized carbons (Fsp3) is 0.667. The van der Waals surface area contributed by atoms with E-state index in [-0.39, 0.29) is 38.0 Å². The molecule has 0 N–H and O–H groups in total. The molecule has 1 atom stereocenters. The first-order chi connectivity index (χ1) is 11.2. The lowest BCUT2D eigenvalue weighted by molar-refractivity contribution is -0.185. The van der Waals surface area contributed by atoms with E-state index in [1.807, 2.05) is 18.4 Å². The minimum Gasteiger partial charge on any atom is -0.341 e. The molecule has 1 fully saturated rings. The van der Waals surface area contributed by atoms with Crippen molar-refractivity contribution in [3.63, 3.8) is 0 Å². The lowest BCUT2D eigenvalue weighted by atomic mass is 10.2. The molecule has 2 rings (SSSR count). The van der Waals surface area contributed by atoms with E-state index in [0.29, 0.717) is 13.0 Å². The van der Waals surface area contributed by atoms with E-state index >= 15 is 0 Å². The third-order valence-corrected chi connectivity index (χ3v) is 4.19. The van der Waals surface area contributed by atoms with Gasteiger partial charge < -0.3 is 14.4 Å². The molecule has 0 unspecified atom stereocenters. The normalized spacial score (nSPS) is 17.5. The Morgan fingerprint density at radius 1 is 1.21 bits per heavy atom. The van der Waals surface area contributed by atoms with Gasteiger partial charge in [-0.1, -0.05) is 0 Å². The zero-order chi connectivity index (χ0) is 17.9. The van der Waals surface area contributed by atoms with Gasteiger partial charge in [-0.05, 0) is 20.3 Å². The monoisotopic (exact) mass is 346 g/mol. The van der Waals surface area contributed by atoms with Crippen LogP contribution < -0.4 is 0 Å². The summed E-state index contributed by atoms with van der Waals surface area (Å²) in [5, 5.41) is 0.